The van der Waals surface area contributed by atoms with E-state index in [2.05, 4.69) is 4.98 Å². The smallest absolute Gasteiger partial charge is 0.218 e. The molecule has 0 N–H and O–H groups in total. The van der Waals surface area contributed by atoms with Crippen LogP contribution in [0.15, 0.2) is 24.3 Å². The Hall–Kier alpha value is 0.660. The molecule has 0 aliphatic heterocycles. The Morgan fingerprint density at radius 1 is 0.842 bits per heavy atom. The summed E-state index contributed by atoms with van der Waals surface area (Å²) in [5, 5.41) is 0.712. The van der Waals surface area contributed by atoms with Gasteiger partial charge >= 0.3 is 0 Å². The van der Waals surface area contributed by atoms with Crippen LogP contribution in [0, 0.1) is 0 Å². The van der Waals surface area contributed by atoms with E-state index < -0.39 is 7.59 Å². The minimum Gasteiger partial charge on any atom is -0.236 e. The van der Waals surface area contributed by atoms with E-state index in [0.29, 0.717) is 22.0 Å². The Kier molecular flexibility index (Phi) is 4.61. The average Bonchev–Trinajstić information content (AvgIpc) is 2.24. The van der Waals surface area contributed by atoms with E-state index in [1.807, 2.05) is 0 Å². The summed E-state index contributed by atoms with van der Waals surface area (Å²) < 4.78 is -3.31. The third-order valence-corrected chi connectivity index (χ3v) is 3.83. The second kappa shape index (κ2) is 5.46. The van der Waals surface area contributed by atoms with E-state index >= 15 is 0 Å². The Labute approximate surface area is 144 Å². The molecule has 0 amide bonds. The fourth-order valence-electron chi connectivity index (χ4n) is 1.68. The maximum Gasteiger partial charge on any atom is 0.218 e. The highest BCUT2D eigenvalue weighted by molar-refractivity contribution is 6.68. The van der Waals surface area contributed by atoms with Crippen LogP contribution in [0.1, 0.15) is 11.1 Å². The number of fused-ring (bicyclic) bond motifs is 1. The van der Waals surface area contributed by atoms with Crippen molar-refractivity contribution in [2.45, 2.75) is 7.59 Å². The van der Waals surface area contributed by atoms with Crippen molar-refractivity contribution >= 4 is 92.1 Å². The van der Waals surface area contributed by atoms with Gasteiger partial charge in [-0.25, -0.2) is 4.98 Å². The third-order valence-electron chi connectivity index (χ3n) is 2.42. The van der Waals surface area contributed by atoms with Gasteiger partial charge in [-0.15, -0.1) is 0 Å². The van der Waals surface area contributed by atoms with Gasteiger partial charge in [-0.1, -0.05) is 99.4 Å². The Morgan fingerprint density at radius 3 is 1.95 bits per heavy atom. The zero-order chi connectivity index (χ0) is 14.4. The van der Waals surface area contributed by atoms with Gasteiger partial charge in [0, 0.05) is 16.5 Å². The summed E-state index contributed by atoms with van der Waals surface area (Å²) in [7, 11) is 0. The summed E-state index contributed by atoms with van der Waals surface area (Å²) in [4.78, 5) is 4.15. The number of hydrogen-bond acceptors (Lipinski definition) is 1. The van der Waals surface area contributed by atoms with Gasteiger partial charge in [-0.05, 0) is 6.07 Å². The number of alkyl halides is 6. The summed E-state index contributed by atoms with van der Waals surface area (Å²) in [6, 6.07) is 6.50. The lowest BCUT2D eigenvalue weighted by atomic mass is 10.1. The van der Waals surface area contributed by atoms with E-state index in [1.165, 1.54) is 6.07 Å². The van der Waals surface area contributed by atoms with Crippen LogP contribution < -0.4 is 0 Å². The lowest BCUT2D eigenvalue weighted by molar-refractivity contribution is 1.20. The van der Waals surface area contributed by atoms with E-state index in [4.69, 9.17) is 81.2 Å². The molecule has 0 bridgehead atoms. The van der Waals surface area contributed by atoms with Crippen LogP contribution in [0.2, 0.25) is 5.15 Å². The normalized spacial score (nSPS) is 13.0. The van der Waals surface area contributed by atoms with Crippen molar-refractivity contribution in [2.24, 2.45) is 0 Å². The molecule has 0 radical (unpaired) electrons. The number of aromatic nitrogens is 1. The molecule has 1 heterocycles. The van der Waals surface area contributed by atoms with Gasteiger partial charge in [0.15, 0.2) is 0 Å². The maximum absolute atomic E-state index is 5.94. The molecule has 2 rings (SSSR count). The zero-order valence-electron chi connectivity index (χ0n) is 8.90. The Morgan fingerprint density at radius 2 is 1.42 bits per heavy atom. The number of nitrogens with zero attached hydrogens (tertiary/aromatic N) is 1. The third kappa shape index (κ3) is 3.47. The fraction of sp³-hybridized carbons (Fsp3) is 0.182. The lowest BCUT2D eigenvalue weighted by Gasteiger charge is -2.18. The predicted octanol–water partition coefficient (Wildman–Crippen LogP) is 6.54. The number of rotatable bonds is 0. The molecule has 8 heteroatoms. The van der Waals surface area contributed by atoms with Crippen LogP contribution in [-0.2, 0) is 7.59 Å². The molecule has 102 valence electrons. The minimum absolute atomic E-state index is 0.149. The largest absolute Gasteiger partial charge is 0.236 e. The molecule has 1 aromatic carbocycles. The molecule has 0 saturated carbocycles. The molecule has 1 nitrogen and oxygen atoms in total. The maximum atomic E-state index is 5.94. The molecule has 0 atom stereocenters. The number of halogens is 7. The van der Waals surface area contributed by atoms with Gasteiger partial charge in [0.2, 0.25) is 7.59 Å². The second-order valence-electron chi connectivity index (χ2n) is 3.69. The van der Waals surface area contributed by atoms with Crippen LogP contribution in [0.25, 0.3) is 10.9 Å². The van der Waals surface area contributed by atoms with Gasteiger partial charge in [-0.2, -0.15) is 0 Å². The number of para-hydroxylation sites is 1. The highest BCUT2D eigenvalue weighted by Gasteiger charge is 2.30. The molecule has 1 aromatic heterocycles. The Bertz CT molecular complexity index is 627. The lowest BCUT2D eigenvalue weighted by Crippen LogP contribution is -2.07. The first kappa shape index (κ1) is 16.0. The van der Waals surface area contributed by atoms with Crippen molar-refractivity contribution in [1.29, 1.82) is 0 Å². The standard InChI is InChI=1S/C11H4Cl7N/c12-8-4-7(11(16,17)18)5-2-1-3-6(9(5)19-8)10(13,14)15/h1-4H. The van der Waals surface area contributed by atoms with Crippen molar-refractivity contribution in [3.63, 3.8) is 0 Å². The van der Waals surface area contributed by atoms with Crippen LogP contribution in [0.5, 0.6) is 0 Å². The van der Waals surface area contributed by atoms with Gasteiger partial charge in [0.05, 0.1) is 5.52 Å². The monoisotopic (exact) mass is 395 g/mol. The first-order valence-electron chi connectivity index (χ1n) is 4.84. The molecule has 0 spiro atoms. The van der Waals surface area contributed by atoms with Gasteiger partial charge < -0.3 is 0 Å². The number of benzene rings is 1. The second-order valence-corrected chi connectivity index (χ2v) is 8.64. The van der Waals surface area contributed by atoms with Crippen molar-refractivity contribution in [1.82, 2.24) is 4.98 Å². The molecule has 0 saturated heterocycles. The van der Waals surface area contributed by atoms with Crippen LogP contribution >= 0.6 is 81.2 Å². The Balaban J connectivity index is 2.90. The molecule has 0 unspecified atom stereocenters. The van der Waals surface area contributed by atoms with Crippen LogP contribution in [0.4, 0.5) is 0 Å². The quantitative estimate of drug-likeness (QED) is 0.363. The van der Waals surface area contributed by atoms with Crippen LogP contribution in [0.3, 0.4) is 0 Å². The van der Waals surface area contributed by atoms with Gasteiger partial charge in [0.25, 0.3) is 0 Å². The number of hydrogen-bond donors (Lipinski definition) is 0. The average molecular weight is 398 g/mol. The van der Waals surface area contributed by atoms with E-state index in [0.717, 1.165) is 0 Å². The number of pyridine rings is 1. The highest BCUT2D eigenvalue weighted by atomic mass is 35.6. The fourth-order valence-corrected chi connectivity index (χ4v) is 2.80. The molecular formula is C11H4Cl7N. The summed E-state index contributed by atoms with van der Waals surface area (Å²) >= 11 is 41.4. The van der Waals surface area contributed by atoms with Crippen LogP contribution in [-0.4, -0.2) is 4.98 Å². The first-order chi connectivity index (χ1) is 8.60. The zero-order valence-corrected chi connectivity index (χ0v) is 14.2. The summed E-state index contributed by atoms with van der Waals surface area (Å²) in [6.07, 6.45) is 0. The summed E-state index contributed by atoms with van der Waals surface area (Å²) in [5.74, 6) is 0. The van der Waals surface area contributed by atoms with Crippen molar-refractivity contribution in [2.75, 3.05) is 0 Å². The molecule has 0 fully saturated rings. The minimum atomic E-state index is -1.66. The summed E-state index contributed by atoms with van der Waals surface area (Å²) in [5.41, 5.74) is 1.13. The van der Waals surface area contributed by atoms with E-state index in [-0.39, 0.29) is 5.15 Å². The van der Waals surface area contributed by atoms with E-state index in [9.17, 15) is 0 Å². The molecule has 0 aliphatic carbocycles. The highest BCUT2D eigenvalue weighted by Crippen LogP contribution is 2.46. The van der Waals surface area contributed by atoms with Crippen molar-refractivity contribution in [3.05, 3.63) is 40.5 Å². The predicted molar refractivity (Wildman–Crippen MR) is 85.2 cm³/mol. The molecule has 19 heavy (non-hydrogen) atoms. The van der Waals surface area contributed by atoms with Gasteiger partial charge in [-0.3, -0.25) is 0 Å². The summed E-state index contributed by atoms with van der Waals surface area (Å²) in [6.45, 7) is 0. The van der Waals surface area contributed by atoms with Crippen molar-refractivity contribution < 1.29 is 0 Å². The molecule has 0 aliphatic rings. The first-order valence-corrected chi connectivity index (χ1v) is 7.49. The molecular weight excluding hydrogens is 394 g/mol. The van der Waals surface area contributed by atoms with Gasteiger partial charge in [0.1, 0.15) is 5.15 Å². The van der Waals surface area contributed by atoms with E-state index in [1.54, 1.807) is 18.2 Å². The SMILES string of the molecule is Clc1cc(C(Cl)(Cl)Cl)c2cccc(C(Cl)(Cl)Cl)c2n1. The van der Waals surface area contributed by atoms with Crippen molar-refractivity contribution in [3.8, 4) is 0 Å². The molecule has 2 aromatic rings. The topological polar surface area (TPSA) is 12.9 Å².